The fraction of sp³-hybridized carbons (Fsp3) is 0.667. The second kappa shape index (κ2) is 5.34. The SMILES string of the molecule is CCCN1C(O)NC2=CC=C(Cl)CC2[C@H]1C(F)(F)F. The van der Waals surface area contributed by atoms with Crippen molar-refractivity contribution in [2.24, 2.45) is 5.92 Å². The quantitative estimate of drug-likeness (QED) is 0.822. The summed E-state index contributed by atoms with van der Waals surface area (Å²) in [5.74, 6) is -0.785. The highest BCUT2D eigenvalue weighted by atomic mass is 35.5. The molecule has 2 N–H and O–H groups in total. The number of nitrogens with zero attached hydrogens (tertiary/aromatic N) is 1. The van der Waals surface area contributed by atoms with Crippen LogP contribution in [0.25, 0.3) is 0 Å². The normalized spacial score (nSPS) is 32.2. The molecule has 1 heterocycles. The van der Waals surface area contributed by atoms with Gasteiger partial charge in [0.05, 0.1) is 0 Å². The van der Waals surface area contributed by atoms with Gasteiger partial charge in [0, 0.05) is 23.2 Å². The first-order valence-electron chi connectivity index (χ1n) is 6.18. The maximum Gasteiger partial charge on any atom is 0.404 e. The van der Waals surface area contributed by atoms with Gasteiger partial charge in [0.2, 0.25) is 0 Å². The molecule has 0 aromatic rings. The third kappa shape index (κ3) is 2.90. The molecule has 1 fully saturated rings. The molecule has 2 aliphatic rings. The molecule has 1 aliphatic heterocycles. The summed E-state index contributed by atoms with van der Waals surface area (Å²) in [6.45, 7) is 1.95. The van der Waals surface area contributed by atoms with Gasteiger partial charge in [0.1, 0.15) is 6.04 Å². The smallest absolute Gasteiger partial charge is 0.361 e. The minimum absolute atomic E-state index is 0.136. The minimum atomic E-state index is -4.41. The third-order valence-corrected chi connectivity index (χ3v) is 3.70. The van der Waals surface area contributed by atoms with Crippen molar-refractivity contribution in [2.45, 2.75) is 38.3 Å². The summed E-state index contributed by atoms with van der Waals surface area (Å²) in [6, 6.07) is -1.71. The molecule has 0 radical (unpaired) electrons. The second-order valence-electron chi connectivity index (χ2n) is 4.79. The Balaban J connectivity index is 2.35. The first-order valence-corrected chi connectivity index (χ1v) is 6.55. The van der Waals surface area contributed by atoms with Gasteiger partial charge in [-0.05, 0) is 25.0 Å². The number of hydrogen-bond acceptors (Lipinski definition) is 3. The van der Waals surface area contributed by atoms with Gasteiger partial charge < -0.3 is 10.4 Å². The number of aliphatic hydroxyl groups excluding tert-OH is 1. The first kappa shape index (κ1) is 14.7. The topological polar surface area (TPSA) is 35.5 Å². The molecule has 0 aromatic carbocycles. The Kier molecular flexibility index (Phi) is 4.13. The molecular formula is C12H16ClF3N2O. The summed E-state index contributed by atoms with van der Waals surface area (Å²) in [5, 5.41) is 13.0. The molecule has 2 unspecified atom stereocenters. The third-order valence-electron chi connectivity index (χ3n) is 3.42. The van der Waals surface area contributed by atoms with E-state index in [4.69, 9.17) is 11.6 Å². The van der Waals surface area contributed by atoms with Crippen LogP contribution in [0.2, 0.25) is 0 Å². The van der Waals surface area contributed by atoms with Gasteiger partial charge in [-0.1, -0.05) is 18.5 Å². The second-order valence-corrected chi connectivity index (χ2v) is 5.27. The molecule has 7 heteroatoms. The lowest BCUT2D eigenvalue weighted by atomic mass is 9.85. The van der Waals surface area contributed by atoms with E-state index in [1.54, 1.807) is 13.0 Å². The molecule has 0 spiro atoms. The van der Waals surface area contributed by atoms with Crippen molar-refractivity contribution in [1.29, 1.82) is 0 Å². The predicted molar refractivity (Wildman–Crippen MR) is 66.1 cm³/mol. The molecular weight excluding hydrogens is 281 g/mol. The highest BCUT2D eigenvalue weighted by Crippen LogP contribution is 2.41. The van der Waals surface area contributed by atoms with E-state index in [1.807, 2.05) is 0 Å². The standard InChI is InChI=1S/C12H16ClF3N2O/c1-2-5-18-10(12(14,15)16)8-6-7(13)3-4-9(8)17-11(18)19/h3-4,8,10-11,17,19H,2,5-6H2,1H3/t8?,10-,11?/m0/s1. The lowest BCUT2D eigenvalue weighted by molar-refractivity contribution is -0.230. The highest BCUT2D eigenvalue weighted by Gasteiger charge is 2.53. The van der Waals surface area contributed by atoms with Gasteiger partial charge in [-0.2, -0.15) is 13.2 Å². The lowest BCUT2D eigenvalue weighted by Gasteiger charge is -2.47. The average molecular weight is 297 g/mol. The number of alkyl halides is 3. The van der Waals surface area contributed by atoms with Crippen LogP contribution in [0.3, 0.4) is 0 Å². The molecule has 1 saturated heterocycles. The van der Waals surface area contributed by atoms with Gasteiger partial charge in [-0.15, -0.1) is 0 Å². The minimum Gasteiger partial charge on any atom is -0.361 e. The molecule has 2 rings (SSSR count). The maximum atomic E-state index is 13.3. The van der Waals surface area contributed by atoms with E-state index in [9.17, 15) is 18.3 Å². The van der Waals surface area contributed by atoms with Crippen LogP contribution in [0.4, 0.5) is 13.2 Å². The fourth-order valence-electron chi connectivity index (χ4n) is 2.68. The Morgan fingerprint density at radius 3 is 2.74 bits per heavy atom. The van der Waals surface area contributed by atoms with E-state index in [0.717, 1.165) is 4.90 Å². The van der Waals surface area contributed by atoms with Crippen molar-refractivity contribution in [1.82, 2.24) is 10.2 Å². The van der Waals surface area contributed by atoms with Crippen molar-refractivity contribution in [3.8, 4) is 0 Å². The summed E-state index contributed by atoms with van der Waals surface area (Å²) >= 11 is 5.85. The number of allylic oxidation sites excluding steroid dienone is 3. The molecule has 19 heavy (non-hydrogen) atoms. The van der Waals surface area contributed by atoms with Crippen molar-refractivity contribution >= 4 is 11.6 Å². The van der Waals surface area contributed by atoms with E-state index in [0.29, 0.717) is 17.2 Å². The first-order chi connectivity index (χ1) is 8.84. The average Bonchev–Trinajstić information content (AvgIpc) is 2.29. The van der Waals surface area contributed by atoms with Crippen LogP contribution in [-0.2, 0) is 0 Å². The van der Waals surface area contributed by atoms with E-state index in [-0.39, 0.29) is 13.0 Å². The van der Waals surface area contributed by atoms with Crippen molar-refractivity contribution in [2.75, 3.05) is 6.54 Å². The number of aliphatic hydroxyl groups is 1. The summed E-state index contributed by atoms with van der Waals surface area (Å²) in [5.41, 5.74) is 0.395. The van der Waals surface area contributed by atoms with Gasteiger partial charge >= 0.3 is 6.18 Å². The van der Waals surface area contributed by atoms with Crippen LogP contribution in [0.5, 0.6) is 0 Å². The fourth-order valence-corrected chi connectivity index (χ4v) is 2.91. The van der Waals surface area contributed by atoms with Crippen molar-refractivity contribution in [3.63, 3.8) is 0 Å². The van der Waals surface area contributed by atoms with Crippen LogP contribution in [-0.4, -0.2) is 35.1 Å². The zero-order valence-electron chi connectivity index (χ0n) is 10.4. The molecule has 108 valence electrons. The van der Waals surface area contributed by atoms with Crippen LogP contribution < -0.4 is 5.32 Å². The highest BCUT2D eigenvalue weighted by molar-refractivity contribution is 6.29. The van der Waals surface area contributed by atoms with Gasteiger partial charge in [-0.25, -0.2) is 4.90 Å². The van der Waals surface area contributed by atoms with E-state index >= 15 is 0 Å². The number of fused-ring (bicyclic) bond motifs is 1. The Morgan fingerprint density at radius 2 is 2.16 bits per heavy atom. The Labute approximate surface area is 114 Å². The van der Waals surface area contributed by atoms with Crippen molar-refractivity contribution < 1.29 is 18.3 Å². The summed E-state index contributed by atoms with van der Waals surface area (Å²) in [7, 11) is 0. The number of nitrogens with one attached hydrogen (secondary N) is 1. The summed E-state index contributed by atoms with van der Waals surface area (Å²) in [4.78, 5) is 1.05. The van der Waals surface area contributed by atoms with Crippen LogP contribution >= 0.6 is 11.6 Å². The Morgan fingerprint density at radius 1 is 1.47 bits per heavy atom. The van der Waals surface area contributed by atoms with Gasteiger partial charge in [0.25, 0.3) is 0 Å². The zero-order chi connectivity index (χ0) is 14.2. The Hall–Kier alpha value is -0.720. The van der Waals surface area contributed by atoms with E-state index in [1.165, 1.54) is 6.08 Å². The monoisotopic (exact) mass is 296 g/mol. The molecule has 1 aliphatic carbocycles. The Bertz CT molecular complexity index is 408. The number of hydrogen-bond donors (Lipinski definition) is 2. The predicted octanol–water partition coefficient (Wildman–Crippen LogP) is 2.53. The number of rotatable bonds is 2. The summed E-state index contributed by atoms with van der Waals surface area (Å²) < 4.78 is 39.9. The molecule has 0 aromatic heterocycles. The van der Waals surface area contributed by atoms with Crippen LogP contribution in [0, 0.1) is 5.92 Å². The zero-order valence-corrected chi connectivity index (χ0v) is 11.2. The van der Waals surface area contributed by atoms with E-state index < -0.39 is 24.5 Å². The lowest BCUT2D eigenvalue weighted by Crippen LogP contribution is -2.64. The van der Waals surface area contributed by atoms with Crippen molar-refractivity contribution in [3.05, 3.63) is 22.9 Å². The number of halogens is 4. The largest absolute Gasteiger partial charge is 0.404 e. The summed E-state index contributed by atoms with van der Waals surface area (Å²) in [6.07, 6.45) is -1.98. The van der Waals surface area contributed by atoms with Gasteiger partial charge in [-0.3, -0.25) is 0 Å². The van der Waals surface area contributed by atoms with E-state index in [2.05, 4.69) is 5.32 Å². The van der Waals surface area contributed by atoms with Gasteiger partial charge in [0.15, 0.2) is 6.35 Å². The van der Waals surface area contributed by atoms with Crippen LogP contribution in [0.15, 0.2) is 22.9 Å². The van der Waals surface area contributed by atoms with Crippen LogP contribution in [0.1, 0.15) is 19.8 Å². The molecule has 0 amide bonds. The molecule has 3 atom stereocenters. The molecule has 0 bridgehead atoms. The maximum absolute atomic E-state index is 13.3. The molecule has 0 saturated carbocycles. The molecule has 3 nitrogen and oxygen atoms in total.